The average molecular weight is 2110 g/mol. The Morgan fingerprint density at radius 3 is 1.70 bits per heavy atom. The maximum atomic E-state index is 13.5. The number of benzene rings is 7. The number of anilines is 1. The highest BCUT2D eigenvalue weighted by atomic mass is 32.2. The number of fused-ring (bicyclic) bond motifs is 7. The van der Waals surface area contributed by atoms with Gasteiger partial charge in [0.2, 0.25) is 23.2 Å². The number of aryl methyl sites for hydroxylation is 2. The van der Waals surface area contributed by atoms with Gasteiger partial charge in [-0.25, -0.2) is 23.8 Å². The van der Waals surface area contributed by atoms with E-state index < -0.39 is 111 Å². The van der Waals surface area contributed by atoms with Gasteiger partial charge in [-0.1, -0.05) is 151 Å². The number of carboxylic acid groups (broad SMARTS) is 3. The molecule has 1 saturated carbocycles. The Morgan fingerprint density at radius 2 is 1.18 bits per heavy atom. The number of aliphatic hydroxyl groups excluding tert-OH is 3. The molecule has 5 aliphatic rings. The van der Waals surface area contributed by atoms with Gasteiger partial charge in [0.25, 0.3) is 0 Å². The van der Waals surface area contributed by atoms with Crippen molar-refractivity contribution in [3.63, 3.8) is 0 Å². The number of phenolic OH excluding ortho intramolecular Hbond substituents is 2. The van der Waals surface area contributed by atoms with Crippen LogP contribution in [0.3, 0.4) is 0 Å². The summed E-state index contributed by atoms with van der Waals surface area (Å²) in [6.07, 6.45) is 8.51. The number of hydrogen-bond donors (Lipinski definition) is 10. The Balaban J connectivity index is 0.000000165. The minimum atomic E-state index is -4.14. The van der Waals surface area contributed by atoms with Crippen molar-refractivity contribution in [2.45, 2.75) is 317 Å². The molecule has 4 fully saturated rings. The third kappa shape index (κ3) is 30.0. The van der Waals surface area contributed by atoms with Crippen LogP contribution in [-0.2, 0) is 82.3 Å². The molecule has 7 aromatic carbocycles. The van der Waals surface area contributed by atoms with E-state index in [9.17, 15) is 67.1 Å². The maximum absolute atomic E-state index is 13.5. The summed E-state index contributed by atoms with van der Waals surface area (Å²) in [7, 11) is -4.14. The predicted molar refractivity (Wildman–Crippen MR) is 562 cm³/mol. The second kappa shape index (κ2) is 47.3. The van der Waals surface area contributed by atoms with Crippen molar-refractivity contribution in [2.24, 2.45) is 5.14 Å². The number of nitrogens with two attached hydrogens (primary N) is 1. The second-order valence-corrected chi connectivity index (χ2v) is 48.0. The second-order valence-electron chi connectivity index (χ2n) is 43.2. The monoisotopic (exact) mass is 2100 g/mol. The van der Waals surface area contributed by atoms with E-state index in [2.05, 4.69) is 165 Å². The number of para-hydroxylation sites is 1. The molecule has 800 valence electrons. The van der Waals surface area contributed by atoms with E-state index in [1.807, 2.05) is 66.0 Å². The van der Waals surface area contributed by atoms with Gasteiger partial charge in [-0.05, 0) is 222 Å². The summed E-state index contributed by atoms with van der Waals surface area (Å²) in [5.74, 6) is -5.47. The number of aromatic carboxylic acids is 2. The van der Waals surface area contributed by atoms with Crippen molar-refractivity contribution in [1.82, 2.24) is 24.8 Å². The molecule has 16 rings (SSSR count). The number of aromatic hydroxyl groups is 2. The molecule has 4 aromatic heterocycles. The van der Waals surface area contributed by atoms with Gasteiger partial charge in [-0.2, -0.15) is 8.42 Å². The third-order valence-electron chi connectivity index (χ3n) is 25.1. The van der Waals surface area contributed by atoms with Gasteiger partial charge >= 0.3 is 28.2 Å². The standard InChI is InChI=1S/C31H48O2S2.C24H26FNO4.C23H16O11.C20H27N5O2.C12H21NO8S/c1-27(2,3)21-15-19(16-22(25(21)32)28(4,5)6)34-31(13,14)35-20-17-23(29(7,8)9)26(33)24(18-20)30(10,11)12;1-15(2)26-21-6-4-3-5-20(21)24(16-7-9-17(25)10-8-16)22(26)12-11-18(27)13-19(28)14-23(29)30;24-11(9-31-14-3-1-5-16-20(14)12(25)7-18(33-16)22(27)28)10-32-15-4-2-6-17-21(15)13(26)8-19(34-17)23(29)30;26-20-12-9-15-14-17(10-11-18(15)21-20)27-13-5-4-8-19-22-23-24-25(19)16-6-2-1-3-7-16;1-10(2)18-7-5-16-12(6-17-22(13,14)15)9(8(7)19-10)20-11(3,4)21-12/h15-18,32-33H,1-14H3;3-12,15,18-19,27-28H,13-14H2,1-2H3,(H,29,30);1-8,11,24H,9-10H2,(H,27,28)(H,29,30);10-11,14,16H,1-9,12-13H2,(H,21,26);7-9H,5-6H2,1-4H3,(H2,13,14,15)/b;12-11+;;;/t;18-,19-;;;7-,8-,9+,12+/m.1..1/s1. The van der Waals surface area contributed by atoms with Crippen LogP contribution in [0.4, 0.5) is 10.1 Å². The third-order valence-corrected chi connectivity index (χ3v) is 27.9. The first-order chi connectivity index (χ1) is 69.2. The molecule has 6 atom stereocenters. The molecule has 0 bridgehead atoms. The summed E-state index contributed by atoms with van der Waals surface area (Å²) < 4.78 is 101. The summed E-state index contributed by atoms with van der Waals surface area (Å²) in [4.78, 5) is 71.3. The number of aliphatic carboxylic acids is 1. The van der Waals surface area contributed by atoms with E-state index >= 15 is 0 Å². The van der Waals surface area contributed by atoms with Crippen LogP contribution in [-0.4, -0.2) is 189 Å². The molecule has 11 aromatic rings. The van der Waals surface area contributed by atoms with Crippen LogP contribution in [0.5, 0.6) is 28.7 Å². The highest BCUT2D eigenvalue weighted by Crippen LogP contribution is 2.53. The van der Waals surface area contributed by atoms with Crippen LogP contribution in [0, 0.1) is 5.82 Å². The molecule has 34 nitrogen and oxygen atoms in total. The zero-order valence-electron chi connectivity index (χ0n) is 87.3. The molecule has 11 N–H and O–H groups in total. The van der Waals surface area contributed by atoms with Crippen LogP contribution < -0.4 is 35.5 Å². The van der Waals surface area contributed by atoms with Crippen molar-refractivity contribution in [1.29, 1.82) is 0 Å². The van der Waals surface area contributed by atoms with Crippen LogP contribution in [0.2, 0.25) is 0 Å². The van der Waals surface area contributed by atoms with Crippen molar-refractivity contribution in [2.75, 3.05) is 38.4 Å². The number of thioether (sulfide) groups is 2. The minimum absolute atomic E-state index is 0.0105. The molecule has 38 heteroatoms. The number of hydrogen-bond acceptors (Lipinski definition) is 29. The Kier molecular flexibility index (Phi) is 36.8. The summed E-state index contributed by atoms with van der Waals surface area (Å²) in [5, 5.41) is 101. The van der Waals surface area contributed by atoms with Crippen molar-refractivity contribution >= 4 is 102 Å². The average Bonchev–Trinajstić information content (AvgIpc) is 1.57. The van der Waals surface area contributed by atoms with E-state index in [-0.39, 0.29) is 109 Å². The first kappa shape index (κ1) is 115. The van der Waals surface area contributed by atoms with Gasteiger partial charge in [0.05, 0.1) is 42.0 Å². The molecule has 1 aliphatic carbocycles. The number of unbranched alkanes of at least 4 members (excludes halogenated alkanes) is 1. The fraction of sp³-hybridized carbons (Fsp3) is 0.482. The van der Waals surface area contributed by atoms with Crippen molar-refractivity contribution < 1.29 is 124 Å². The SMILES string of the molecule is CC(C)(Sc1cc(C(C)(C)C)c(O)c(C(C)(C)C)c1)Sc1cc(C(C)(C)C)c(O)c(C(C)(C)C)c1.CC(C)n1c(/C=C/[C@@H](O)C[C@@H](O)CC(=O)O)c(-c2ccc(F)cc2)c2ccccc21.CC1(C)O[C@@H]2[C@@H](CO[C@@]3(COS(N)(=O)=O)OC(C)(C)O[C@@H]23)O1.O=C(O)c1cc(=O)c2c(OCC(O)COc3cccc4oc(C(=O)O)cc(=O)c34)cccc2o1.O=C1CCc2cc(OCCCCc3nnnn3C3CCCCC3)ccc2N1. The van der Waals surface area contributed by atoms with Crippen LogP contribution in [0.15, 0.2) is 174 Å². The number of halogens is 1. The number of amides is 1. The molecule has 4 aliphatic heterocycles. The highest BCUT2D eigenvalue weighted by molar-refractivity contribution is 8.18. The lowest BCUT2D eigenvalue weighted by atomic mass is 9.79. The van der Waals surface area contributed by atoms with Gasteiger partial charge in [0.1, 0.15) is 101 Å². The van der Waals surface area contributed by atoms with Crippen LogP contribution >= 0.6 is 23.5 Å². The normalized spacial score (nSPS) is 18.2. The topological polar surface area (TPSA) is 494 Å². The van der Waals surface area contributed by atoms with Crippen molar-refractivity contribution in [3.05, 3.63) is 223 Å². The quantitative estimate of drug-likeness (QED) is 0.0114. The highest BCUT2D eigenvalue weighted by Gasteiger charge is 2.66. The zero-order chi connectivity index (χ0) is 108. The van der Waals surface area contributed by atoms with Gasteiger partial charge < -0.3 is 97.5 Å². The number of nitrogens with zero attached hydrogens (tertiary/aromatic N) is 5. The van der Waals surface area contributed by atoms with E-state index in [1.165, 1.54) is 90.4 Å². The Morgan fingerprint density at radius 1 is 0.642 bits per heavy atom. The van der Waals surface area contributed by atoms with Gasteiger partial charge in [-0.3, -0.25) is 23.4 Å². The summed E-state index contributed by atoms with van der Waals surface area (Å²) >= 11 is 3.66. The first-order valence-corrected chi connectivity index (χ1v) is 52.5. The fourth-order valence-electron chi connectivity index (χ4n) is 18.3. The van der Waals surface area contributed by atoms with E-state index in [0.29, 0.717) is 30.6 Å². The number of aromatic nitrogens is 5. The lowest BCUT2D eigenvalue weighted by Gasteiger charge is -2.40. The predicted octanol–water partition coefficient (Wildman–Crippen LogP) is 19.7. The van der Waals surface area contributed by atoms with Gasteiger partial charge in [0.15, 0.2) is 28.3 Å². The molecule has 3 saturated heterocycles. The Hall–Kier alpha value is -11.6. The summed E-state index contributed by atoms with van der Waals surface area (Å²) in [6, 6.07) is 39.8. The number of ether oxygens (including phenoxy) is 8. The van der Waals surface area contributed by atoms with Crippen LogP contribution in [0.1, 0.15) is 275 Å². The first-order valence-electron chi connectivity index (χ1n) is 49.4. The van der Waals surface area contributed by atoms with E-state index in [4.69, 9.17) is 71.4 Å². The lowest BCUT2D eigenvalue weighted by Crippen LogP contribution is -2.60. The Bertz CT molecular complexity index is 6590. The summed E-state index contributed by atoms with van der Waals surface area (Å²) in [6.45, 7) is 41.3. The number of nitrogens with one attached hydrogen (secondary N) is 1. The molecular formula is C110H138FN7O27S3. The lowest BCUT2D eigenvalue weighted by molar-refractivity contribution is -0.290. The number of rotatable bonds is 30. The van der Waals surface area contributed by atoms with Gasteiger partial charge in [-0.15, -0.1) is 28.6 Å². The van der Waals surface area contributed by atoms with Crippen molar-refractivity contribution in [3.8, 4) is 39.9 Å². The molecule has 0 spiro atoms. The maximum Gasteiger partial charge on any atom is 0.371 e. The number of phenols is 2. The van der Waals surface area contributed by atoms with E-state index in [0.717, 1.165) is 111 Å². The molecule has 148 heavy (non-hydrogen) atoms. The fourth-order valence-corrected chi connectivity index (χ4v) is 21.2. The number of aliphatic hydroxyl groups is 3. The molecule has 0 unspecified atom stereocenters. The molecule has 8 heterocycles. The molecule has 1 amide bonds. The molecule has 0 radical (unpaired) electrons. The number of tetrazole rings is 1. The number of carbonyl (C=O) groups excluding carboxylic acids is 1. The van der Waals surface area contributed by atoms with Crippen LogP contribution in [0.25, 0.3) is 50.0 Å². The zero-order valence-corrected chi connectivity index (χ0v) is 89.8. The largest absolute Gasteiger partial charge is 0.507 e. The Labute approximate surface area is 868 Å². The van der Waals surface area contributed by atoms with Gasteiger partial charge in [0, 0.05) is 97.3 Å². The smallest absolute Gasteiger partial charge is 0.371 e. The van der Waals surface area contributed by atoms with E-state index in [1.54, 1.807) is 52.0 Å². The molecular weight excluding hydrogens is 1970 g/mol. The number of carbonyl (C=O) groups is 4. The number of carboxylic acids is 3. The summed E-state index contributed by atoms with van der Waals surface area (Å²) in [5.41, 5.74) is 7.83. The minimum Gasteiger partial charge on any atom is -0.507 e.